The van der Waals surface area contributed by atoms with E-state index in [-0.39, 0.29) is 5.91 Å². The van der Waals surface area contributed by atoms with E-state index >= 15 is 0 Å². The molecule has 1 aliphatic rings. The van der Waals surface area contributed by atoms with Crippen molar-refractivity contribution in [2.24, 2.45) is 0 Å². The maximum atomic E-state index is 12.0. The fourth-order valence-electron chi connectivity index (χ4n) is 2.27. The number of fused-ring (bicyclic) bond motifs is 1. The highest BCUT2D eigenvalue weighted by molar-refractivity contribution is 7.15. The molecule has 0 saturated heterocycles. The summed E-state index contributed by atoms with van der Waals surface area (Å²) in [5, 5.41) is 3.62. The first-order chi connectivity index (χ1) is 9.70. The molecule has 0 bridgehead atoms. The van der Waals surface area contributed by atoms with E-state index in [0.717, 1.165) is 30.8 Å². The van der Waals surface area contributed by atoms with Crippen LogP contribution in [0.3, 0.4) is 0 Å². The summed E-state index contributed by atoms with van der Waals surface area (Å²) in [5.41, 5.74) is 1.18. The van der Waals surface area contributed by atoms with E-state index in [1.165, 1.54) is 29.8 Å². The molecule has 112 valence electrons. The first-order valence-corrected chi connectivity index (χ1v) is 8.43. The van der Waals surface area contributed by atoms with Gasteiger partial charge in [0.2, 0.25) is 0 Å². The van der Waals surface area contributed by atoms with Crippen LogP contribution in [0, 0.1) is 0 Å². The Kier molecular flexibility index (Phi) is 5.98. The maximum absolute atomic E-state index is 12.0. The minimum atomic E-state index is -0.412. The summed E-state index contributed by atoms with van der Waals surface area (Å²) >= 11 is 1.62. The number of nitrogens with zero attached hydrogens (tertiary/aromatic N) is 1. The van der Waals surface area contributed by atoms with Gasteiger partial charge in [0.1, 0.15) is 6.10 Å². The van der Waals surface area contributed by atoms with Crippen LogP contribution in [-0.2, 0) is 22.4 Å². The van der Waals surface area contributed by atoms with E-state index in [2.05, 4.69) is 17.2 Å². The van der Waals surface area contributed by atoms with Gasteiger partial charge in [0.15, 0.2) is 5.13 Å². The highest BCUT2D eigenvalue weighted by Gasteiger charge is 2.18. The normalized spacial score (nSPS) is 16.3. The molecule has 0 saturated carbocycles. The molecule has 5 heteroatoms. The summed E-state index contributed by atoms with van der Waals surface area (Å²) in [6, 6.07) is 0. The lowest BCUT2D eigenvalue weighted by Gasteiger charge is -2.11. The number of amides is 1. The number of hydrogen-bond acceptors (Lipinski definition) is 4. The van der Waals surface area contributed by atoms with E-state index < -0.39 is 6.10 Å². The number of aryl methyl sites for hydroxylation is 2. The average Bonchev–Trinajstić information content (AvgIpc) is 2.68. The van der Waals surface area contributed by atoms with Crippen molar-refractivity contribution < 1.29 is 9.53 Å². The van der Waals surface area contributed by atoms with Crippen molar-refractivity contribution in [3.8, 4) is 0 Å². The van der Waals surface area contributed by atoms with Crippen molar-refractivity contribution in [1.29, 1.82) is 0 Å². The molecule has 1 atom stereocenters. The van der Waals surface area contributed by atoms with Crippen molar-refractivity contribution in [2.45, 2.75) is 64.9 Å². The Morgan fingerprint density at radius 1 is 1.40 bits per heavy atom. The lowest BCUT2D eigenvalue weighted by molar-refractivity contribution is -0.126. The smallest absolute Gasteiger partial charge is 0.254 e. The van der Waals surface area contributed by atoms with Gasteiger partial charge in [0.05, 0.1) is 5.69 Å². The first-order valence-electron chi connectivity index (χ1n) is 7.61. The van der Waals surface area contributed by atoms with Gasteiger partial charge in [-0.05, 0) is 39.0 Å². The maximum Gasteiger partial charge on any atom is 0.254 e. The monoisotopic (exact) mass is 296 g/mol. The van der Waals surface area contributed by atoms with Crippen LogP contribution in [0.4, 0.5) is 5.13 Å². The Morgan fingerprint density at radius 3 is 3.00 bits per heavy atom. The molecule has 20 heavy (non-hydrogen) atoms. The number of hydrogen-bond donors (Lipinski definition) is 1. The Labute approximate surface area is 124 Å². The van der Waals surface area contributed by atoms with Gasteiger partial charge < -0.3 is 4.74 Å². The van der Waals surface area contributed by atoms with Crippen LogP contribution < -0.4 is 5.32 Å². The molecule has 0 aromatic carbocycles. The first kappa shape index (κ1) is 15.4. The molecule has 0 aliphatic heterocycles. The van der Waals surface area contributed by atoms with Crippen LogP contribution in [0.25, 0.3) is 0 Å². The van der Waals surface area contributed by atoms with Crippen LogP contribution >= 0.6 is 11.3 Å². The van der Waals surface area contributed by atoms with Gasteiger partial charge in [-0.1, -0.05) is 19.8 Å². The molecule has 1 heterocycles. The highest BCUT2D eigenvalue weighted by atomic mass is 32.1. The van der Waals surface area contributed by atoms with Gasteiger partial charge in [-0.3, -0.25) is 10.1 Å². The van der Waals surface area contributed by atoms with Crippen molar-refractivity contribution >= 4 is 22.4 Å². The molecule has 1 N–H and O–H groups in total. The zero-order valence-corrected chi connectivity index (χ0v) is 13.2. The summed E-state index contributed by atoms with van der Waals surface area (Å²) in [4.78, 5) is 17.9. The van der Waals surface area contributed by atoms with E-state index in [0.29, 0.717) is 6.61 Å². The van der Waals surface area contributed by atoms with E-state index in [1.807, 2.05) is 0 Å². The van der Waals surface area contributed by atoms with E-state index in [1.54, 1.807) is 18.3 Å². The molecule has 0 radical (unpaired) electrons. The van der Waals surface area contributed by atoms with Crippen molar-refractivity contribution in [1.82, 2.24) is 4.98 Å². The highest BCUT2D eigenvalue weighted by Crippen LogP contribution is 2.28. The standard InChI is InChI=1S/C15H24N2O2S/c1-3-4-10-19-11(2)14(18)17-15-16-12-8-6-5-7-9-13(12)20-15/h11H,3-10H2,1-2H3,(H,16,17,18). The summed E-state index contributed by atoms with van der Waals surface area (Å²) in [5.74, 6) is -0.0926. The lowest BCUT2D eigenvalue weighted by atomic mass is 10.2. The minimum absolute atomic E-state index is 0.0926. The number of unbranched alkanes of at least 4 members (excludes halogenated alkanes) is 1. The Morgan fingerprint density at radius 2 is 2.20 bits per heavy atom. The fourth-order valence-corrected chi connectivity index (χ4v) is 3.32. The Balaban J connectivity index is 1.88. The van der Waals surface area contributed by atoms with Gasteiger partial charge in [0, 0.05) is 11.5 Å². The molecule has 2 rings (SSSR count). The van der Waals surface area contributed by atoms with E-state index in [9.17, 15) is 4.79 Å². The summed E-state index contributed by atoms with van der Waals surface area (Å²) in [6.07, 6.45) is 7.53. The predicted octanol–water partition coefficient (Wildman–Crippen LogP) is 3.56. The third-order valence-corrected chi connectivity index (χ3v) is 4.63. The number of thiazole rings is 1. The Hall–Kier alpha value is -0.940. The van der Waals surface area contributed by atoms with Gasteiger partial charge in [-0.25, -0.2) is 4.98 Å². The van der Waals surface area contributed by atoms with Crippen LogP contribution in [0.2, 0.25) is 0 Å². The zero-order valence-electron chi connectivity index (χ0n) is 12.4. The molecule has 1 unspecified atom stereocenters. The molecule has 4 nitrogen and oxygen atoms in total. The third kappa shape index (κ3) is 4.28. The van der Waals surface area contributed by atoms with Gasteiger partial charge in [-0.15, -0.1) is 11.3 Å². The van der Waals surface area contributed by atoms with Crippen molar-refractivity contribution in [3.63, 3.8) is 0 Å². The summed E-state index contributed by atoms with van der Waals surface area (Å²) in [7, 11) is 0. The second kappa shape index (κ2) is 7.74. The molecule has 0 spiro atoms. The number of carbonyl (C=O) groups is 1. The minimum Gasteiger partial charge on any atom is -0.369 e. The predicted molar refractivity (Wildman–Crippen MR) is 82.3 cm³/mol. The number of carbonyl (C=O) groups excluding carboxylic acids is 1. The van der Waals surface area contributed by atoms with Crippen LogP contribution in [0.1, 0.15) is 56.5 Å². The lowest BCUT2D eigenvalue weighted by Crippen LogP contribution is -2.28. The molecule has 0 fully saturated rings. The molecule has 1 amide bonds. The average molecular weight is 296 g/mol. The number of rotatable bonds is 6. The number of aromatic nitrogens is 1. The molecule has 1 aromatic rings. The van der Waals surface area contributed by atoms with Gasteiger partial charge in [-0.2, -0.15) is 0 Å². The fraction of sp³-hybridized carbons (Fsp3) is 0.733. The second-order valence-electron chi connectivity index (χ2n) is 5.31. The van der Waals surface area contributed by atoms with E-state index in [4.69, 9.17) is 4.74 Å². The van der Waals surface area contributed by atoms with Gasteiger partial charge >= 0.3 is 0 Å². The largest absolute Gasteiger partial charge is 0.369 e. The zero-order chi connectivity index (χ0) is 14.4. The number of ether oxygens (including phenoxy) is 1. The van der Waals surface area contributed by atoms with Crippen molar-refractivity contribution in [2.75, 3.05) is 11.9 Å². The molecular weight excluding hydrogens is 272 g/mol. The van der Waals surface area contributed by atoms with Gasteiger partial charge in [0.25, 0.3) is 5.91 Å². The quantitative estimate of drug-likeness (QED) is 0.645. The molecule has 1 aliphatic carbocycles. The third-order valence-electron chi connectivity index (χ3n) is 3.56. The number of anilines is 1. The topological polar surface area (TPSA) is 51.2 Å². The van der Waals surface area contributed by atoms with Crippen LogP contribution in [0.15, 0.2) is 0 Å². The summed E-state index contributed by atoms with van der Waals surface area (Å²) < 4.78 is 5.50. The SMILES string of the molecule is CCCCOC(C)C(=O)Nc1nc2c(s1)CCCCC2. The second-order valence-corrected chi connectivity index (χ2v) is 6.39. The van der Waals surface area contributed by atoms with Crippen LogP contribution in [-0.4, -0.2) is 23.6 Å². The molecular formula is C15H24N2O2S. The summed E-state index contributed by atoms with van der Waals surface area (Å²) in [6.45, 7) is 4.54. The Bertz CT molecular complexity index is 422. The number of nitrogens with one attached hydrogen (secondary N) is 1. The van der Waals surface area contributed by atoms with Crippen molar-refractivity contribution in [3.05, 3.63) is 10.6 Å². The van der Waals surface area contributed by atoms with Crippen LogP contribution in [0.5, 0.6) is 0 Å². The molecule has 1 aromatic heterocycles.